The van der Waals surface area contributed by atoms with Crippen LogP contribution >= 0.6 is 11.6 Å². The molecule has 0 aromatic heterocycles. The van der Waals surface area contributed by atoms with Gasteiger partial charge in [-0.1, -0.05) is 64.3 Å². The second kappa shape index (κ2) is 8.60. The minimum atomic E-state index is 0.557. The fourth-order valence-electron chi connectivity index (χ4n) is 2.67. The Hall–Kier alpha value is -0.530. The first-order chi connectivity index (χ1) is 9.06. The van der Waals surface area contributed by atoms with Crippen molar-refractivity contribution in [3.05, 3.63) is 34.9 Å². The van der Waals surface area contributed by atoms with Crippen LogP contribution in [0.25, 0.3) is 0 Å². The third-order valence-corrected chi connectivity index (χ3v) is 4.17. The number of hydrogen-bond donors (Lipinski definition) is 1. The molecule has 0 fully saturated rings. The van der Waals surface area contributed by atoms with Crippen LogP contribution in [0.3, 0.4) is 0 Å². The maximum atomic E-state index is 5.96. The molecule has 0 radical (unpaired) electrons. The van der Waals surface area contributed by atoms with Crippen LogP contribution in [0.5, 0.6) is 0 Å². The average molecular weight is 282 g/mol. The van der Waals surface area contributed by atoms with Gasteiger partial charge in [0.25, 0.3) is 0 Å². The van der Waals surface area contributed by atoms with E-state index in [1.54, 1.807) is 0 Å². The first-order valence-electron chi connectivity index (χ1n) is 7.54. The van der Waals surface area contributed by atoms with E-state index in [4.69, 9.17) is 11.6 Å². The fraction of sp³-hybridized carbons (Fsp3) is 0.647. The third-order valence-electron chi connectivity index (χ3n) is 3.91. The van der Waals surface area contributed by atoms with Gasteiger partial charge in [0, 0.05) is 11.1 Å². The summed E-state index contributed by atoms with van der Waals surface area (Å²) in [6.07, 6.45) is 3.66. The summed E-state index contributed by atoms with van der Waals surface area (Å²) in [5.41, 5.74) is 1.40. The van der Waals surface area contributed by atoms with Crippen LogP contribution in [-0.2, 0) is 6.42 Å². The van der Waals surface area contributed by atoms with Gasteiger partial charge in [-0.3, -0.25) is 0 Å². The summed E-state index contributed by atoms with van der Waals surface area (Å²) in [6.45, 7) is 10.1. The summed E-state index contributed by atoms with van der Waals surface area (Å²) >= 11 is 5.96. The first-order valence-corrected chi connectivity index (χ1v) is 7.92. The van der Waals surface area contributed by atoms with Crippen LogP contribution in [-0.4, -0.2) is 12.6 Å². The van der Waals surface area contributed by atoms with Crippen LogP contribution in [0.15, 0.2) is 24.3 Å². The van der Waals surface area contributed by atoms with E-state index in [0.29, 0.717) is 12.0 Å². The standard InChI is InChI=1S/C17H28ClN/c1-5-15(6-2)16(12-19-13(3)4)11-14-7-9-17(18)10-8-14/h7-10,13,15-16,19H,5-6,11-12H2,1-4H3. The first kappa shape index (κ1) is 16.5. The van der Waals surface area contributed by atoms with Gasteiger partial charge in [0.2, 0.25) is 0 Å². The Labute approximate surface area is 123 Å². The quantitative estimate of drug-likeness (QED) is 0.712. The molecule has 1 atom stereocenters. The molecule has 0 aliphatic carbocycles. The van der Waals surface area contributed by atoms with Crippen molar-refractivity contribution in [2.24, 2.45) is 11.8 Å². The molecule has 1 aromatic rings. The van der Waals surface area contributed by atoms with E-state index in [0.717, 1.165) is 23.9 Å². The number of nitrogens with one attached hydrogen (secondary N) is 1. The molecule has 1 rings (SSSR count). The Bertz CT molecular complexity index is 341. The van der Waals surface area contributed by atoms with Crippen molar-refractivity contribution < 1.29 is 0 Å². The van der Waals surface area contributed by atoms with Gasteiger partial charge in [0.1, 0.15) is 0 Å². The van der Waals surface area contributed by atoms with E-state index in [1.165, 1.54) is 18.4 Å². The van der Waals surface area contributed by atoms with Crippen molar-refractivity contribution in [1.82, 2.24) is 5.32 Å². The summed E-state index contributed by atoms with van der Waals surface area (Å²) in [6, 6.07) is 8.87. The zero-order valence-corrected chi connectivity index (χ0v) is 13.5. The van der Waals surface area contributed by atoms with Crippen LogP contribution in [0, 0.1) is 11.8 Å². The Balaban J connectivity index is 2.69. The molecule has 0 bridgehead atoms. The molecule has 1 N–H and O–H groups in total. The molecular weight excluding hydrogens is 254 g/mol. The van der Waals surface area contributed by atoms with E-state index in [-0.39, 0.29) is 0 Å². The molecule has 2 heteroatoms. The highest BCUT2D eigenvalue weighted by atomic mass is 35.5. The van der Waals surface area contributed by atoms with E-state index < -0.39 is 0 Å². The largest absolute Gasteiger partial charge is 0.314 e. The smallest absolute Gasteiger partial charge is 0.0406 e. The molecule has 0 saturated carbocycles. The molecule has 0 aliphatic rings. The van der Waals surface area contributed by atoms with E-state index in [9.17, 15) is 0 Å². The minimum Gasteiger partial charge on any atom is -0.314 e. The molecule has 1 nitrogen and oxygen atoms in total. The topological polar surface area (TPSA) is 12.0 Å². The van der Waals surface area contributed by atoms with Crippen LogP contribution in [0.2, 0.25) is 5.02 Å². The van der Waals surface area contributed by atoms with Crippen molar-refractivity contribution in [2.75, 3.05) is 6.54 Å². The summed E-state index contributed by atoms with van der Waals surface area (Å²) in [5.74, 6) is 1.50. The molecule has 0 spiro atoms. The molecule has 19 heavy (non-hydrogen) atoms. The summed E-state index contributed by atoms with van der Waals surface area (Å²) in [7, 11) is 0. The predicted octanol–water partition coefficient (Wildman–Crippen LogP) is 4.93. The van der Waals surface area contributed by atoms with Gasteiger partial charge in [-0.05, 0) is 42.5 Å². The van der Waals surface area contributed by atoms with Gasteiger partial charge in [-0.25, -0.2) is 0 Å². The van der Waals surface area contributed by atoms with Gasteiger partial charge in [0.05, 0.1) is 0 Å². The lowest BCUT2D eigenvalue weighted by Gasteiger charge is -2.27. The van der Waals surface area contributed by atoms with Gasteiger partial charge in [-0.2, -0.15) is 0 Å². The molecule has 1 unspecified atom stereocenters. The van der Waals surface area contributed by atoms with Gasteiger partial charge in [-0.15, -0.1) is 0 Å². The van der Waals surface area contributed by atoms with Gasteiger partial charge in [0.15, 0.2) is 0 Å². The van der Waals surface area contributed by atoms with Crippen molar-refractivity contribution in [3.8, 4) is 0 Å². The highest BCUT2D eigenvalue weighted by molar-refractivity contribution is 6.30. The van der Waals surface area contributed by atoms with E-state index in [1.807, 2.05) is 12.1 Å². The van der Waals surface area contributed by atoms with Crippen LogP contribution in [0.4, 0.5) is 0 Å². The molecule has 108 valence electrons. The third kappa shape index (κ3) is 5.97. The van der Waals surface area contributed by atoms with Crippen molar-refractivity contribution in [2.45, 2.75) is 53.0 Å². The minimum absolute atomic E-state index is 0.557. The maximum absolute atomic E-state index is 5.96. The molecule has 0 heterocycles. The predicted molar refractivity (Wildman–Crippen MR) is 85.9 cm³/mol. The summed E-state index contributed by atoms with van der Waals surface area (Å²) < 4.78 is 0. The number of hydrogen-bond acceptors (Lipinski definition) is 1. The second-order valence-electron chi connectivity index (χ2n) is 5.73. The Morgan fingerprint density at radius 1 is 1.00 bits per heavy atom. The fourth-order valence-corrected chi connectivity index (χ4v) is 2.80. The second-order valence-corrected chi connectivity index (χ2v) is 6.17. The van der Waals surface area contributed by atoms with Crippen molar-refractivity contribution >= 4 is 11.6 Å². The zero-order valence-electron chi connectivity index (χ0n) is 12.7. The molecule has 1 aromatic carbocycles. The molecular formula is C17H28ClN. The van der Waals surface area contributed by atoms with E-state index >= 15 is 0 Å². The van der Waals surface area contributed by atoms with Gasteiger partial charge >= 0.3 is 0 Å². The number of rotatable bonds is 8. The highest BCUT2D eigenvalue weighted by Gasteiger charge is 2.19. The lowest BCUT2D eigenvalue weighted by molar-refractivity contribution is 0.291. The van der Waals surface area contributed by atoms with E-state index in [2.05, 4.69) is 45.1 Å². The van der Waals surface area contributed by atoms with Crippen LogP contribution < -0.4 is 5.32 Å². The van der Waals surface area contributed by atoms with Crippen molar-refractivity contribution in [1.29, 1.82) is 0 Å². The van der Waals surface area contributed by atoms with Gasteiger partial charge < -0.3 is 5.32 Å². The lowest BCUT2D eigenvalue weighted by Crippen LogP contribution is -2.33. The average Bonchev–Trinajstić information content (AvgIpc) is 2.39. The summed E-state index contributed by atoms with van der Waals surface area (Å²) in [4.78, 5) is 0. The monoisotopic (exact) mass is 281 g/mol. The zero-order chi connectivity index (χ0) is 14.3. The SMILES string of the molecule is CCC(CC)C(CNC(C)C)Cc1ccc(Cl)cc1. The Kier molecular flexibility index (Phi) is 7.48. The normalized spacial score (nSPS) is 13.2. The molecule has 0 amide bonds. The summed E-state index contributed by atoms with van der Waals surface area (Å²) in [5, 5.41) is 4.42. The highest BCUT2D eigenvalue weighted by Crippen LogP contribution is 2.24. The van der Waals surface area contributed by atoms with Crippen molar-refractivity contribution in [3.63, 3.8) is 0 Å². The molecule has 0 aliphatic heterocycles. The Morgan fingerprint density at radius 2 is 1.58 bits per heavy atom. The Morgan fingerprint density at radius 3 is 2.05 bits per heavy atom. The molecule has 0 saturated heterocycles. The number of halogens is 1. The maximum Gasteiger partial charge on any atom is 0.0406 e. The lowest BCUT2D eigenvalue weighted by atomic mass is 9.83. The number of benzene rings is 1. The van der Waals surface area contributed by atoms with Crippen LogP contribution in [0.1, 0.15) is 46.1 Å².